The van der Waals surface area contributed by atoms with Crippen LogP contribution in [0.4, 0.5) is 10.8 Å². The van der Waals surface area contributed by atoms with Crippen molar-refractivity contribution in [1.82, 2.24) is 4.37 Å². The van der Waals surface area contributed by atoms with Crippen molar-refractivity contribution in [2.75, 3.05) is 11.1 Å². The Morgan fingerprint density at radius 1 is 1.19 bits per heavy atom. The number of nitrogens with zero attached hydrogens (tertiary/aromatic N) is 1. The smallest absolute Gasteiger partial charge is 0.255 e. The van der Waals surface area contributed by atoms with E-state index in [-0.39, 0.29) is 11.4 Å². The average Bonchev–Trinajstić information content (AvgIpc) is 2.86. The number of anilines is 2. The molecule has 1 amide bonds. The number of carbonyl (C=O) groups is 1. The number of amides is 1. The third-order valence-electron chi connectivity index (χ3n) is 3.28. The maximum absolute atomic E-state index is 11.4. The van der Waals surface area contributed by atoms with Gasteiger partial charge in [-0.2, -0.15) is 4.37 Å². The molecule has 106 valence electrons. The van der Waals surface area contributed by atoms with Gasteiger partial charge in [0, 0.05) is 6.54 Å². The zero-order valence-electron chi connectivity index (χ0n) is 11.2. The molecule has 1 heterocycles. The Morgan fingerprint density at radius 3 is 2.76 bits per heavy atom. The molecule has 0 atom stereocenters. The molecule has 0 radical (unpaired) electrons. The molecule has 1 aromatic heterocycles. The second-order valence-corrected chi connectivity index (χ2v) is 5.40. The summed E-state index contributed by atoms with van der Waals surface area (Å²) in [7, 11) is 0. The van der Waals surface area contributed by atoms with Gasteiger partial charge in [0.25, 0.3) is 5.91 Å². The molecule has 0 aliphatic heterocycles. The molecule has 2 aromatic carbocycles. The largest absolute Gasteiger partial charge is 0.382 e. The second-order valence-electron chi connectivity index (χ2n) is 4.63. The Hall–Kier alpha value is -2.60. The van der Waals surface area contributed by atoms with E-state index < -0.39 is 5.91 Å². The summed E-state index contributed by atoms with van der Waals surface area (Å²) in [6.45, 7) is 0.573. The van der Waals surface area contributed by atoms with Crippen molar-refractivity contribution >= 4 is 39.0 Å². The number of nitrogen functional groups attached to an aromatic ring is 1. The van der Waals surface area contributed by atoms with E-state index in [0.717, 1.165) is 17.1 Å². The van der Waals surface area contributed by atoms with E-state index >= 15 is 0 Å². The van der Waals surface area contributed by atoms with E-state index in [1.165, 1.54) is 10.8 Å². The highest BCUT2D eigenvalue weighted by molar-refractivity contribution is 7.11. The Bertz CT molecular complexity index is 807. The standard InChI is InChI=1S/C15H14N4OS/c16-13-12(14(17)20)15(21-19-13)18-8-10-6-3-5-9-4-1-2-7-11(9)10/h1-7,18H,8H2,(H2,16,19)(H2,17,20). The number of benzene rings is 2. The van der Waals surface area contributed by atoms with Gasteiger partial charge < -0.3 is 16.8 Å². The third kappa shape index (κ3) is 2.53. The van der Waals surface area contributed by atoms with Crippen LogP contribution in [0.2, 0.25) is 0 Å². The van der Waals surface area contributed by atoms with Crippen LogP contribution in [0.25, 0.3) is 10.8 Å². The van der Waals surface area contributed by atoms with E-state index in [2.05, 4.69) is 27.9 Å². The van der Waals surface area contributed by atoms with Crippen molar-refractivity contribution in [1.29, 1.82) is 0 Å². The van der Waals surface area contributed by atoms with Crippen molar-refractivity contribution < 1.29 is 4.79 Å². The summed E-state index contributed by atoms with van der Waals surface area (Å²) in [6.07, 6.45) is 0. The maximum atomic E-state index is 11.4. The second kappa shape index (κ2) is 5.41. The lowest BCUT2D eigenvalue weighted by Gasteiger charge is -2.08. The van der Waals surface area contributed by atoms with Gasteiger partial charge in [-0.1, -0.05) is 42.5 Å². The van der Waals surface area contributed by atoms with Gasteiger partial charge in [-0.3, -0.25) is 4.79 Å². The molecule has 0 aliphatic carbocycles. The number of hydrogen-bond acceptors (Lipinski definition) is 5. The zero-order valence-corrected chi connectivity index (χ0v) is 12.0. The molecule has 3 aromatic rings. The predicted octanol–water partition coefficient (Wildman–Crippen LogP) is 2.59. The normalized spacial score (nSPS) is 10.7. The fourth-order valence-electron chi connectivity index (χ4n) is 2.28. The number of nitrogens with two attached hydrogens (primary N) is 2. The highest BCUT2D eigenvalue weighted by atomic mass is 32.1. The van der Waals surface area contributed by atoms with Gasteiger partial charge in [-0.25, -0.2) is 0 Å². The molecule has 6 heteroatoms. The zero-order chi connectivity index (χ0) is 14.8. The first-order valence-corrected chi connectivity index (χ1v) is 7.19. The van der Waals surface area contributed by atoms with Crippen LogP contribution in [0, 0.1) is 0 Å². The van der Waals surface area contributed by atoms with Gasteiger partial charge in [0.2, 0.25) is 0 Å². The van der Waals surface area contributed by atoms with Gasteiger partial charge in [0.1, 0.15) is 10.6 Å². The van der Waals surface area contributed by atoms with Crippen LogP contribution in [0.15, 0.2) is 42.5 Å². The monoisotopic (exact) mass is 298 g/mol. The summed E-state index contributed by atoms with van der Waals surface area (Å²) in [5.74, 6) is -0.394. The molecule has 21 heavy (non-hydrogen) atoms. The fraction of sp³-hybridized carbons (Fsp3) is 0.0667. The van der Waals surface area contributed by atoms with E-state index in [4.69, 9.17) is 11.5 Å². The first kappa shape index (κ1) is 13.4. The molecular formula is C15H14N4OS. The molecule has 0 saturated heterocycles. The maximum Gasteiger partial charge on any atom is 0.255 e. The number of nitrogens with one attached hydrogen (secondary N) is 1. The molecule has 5 nitrogen and oxygen atoms in total. The van der Waals surface area contributed by atoms with Gasteiger partial charge in [-0.05, 0) is 27.9 Å². The van der Waals surface area contributed by atoms with Gasteiger partial charge >= 0.3 is 0 Å². The van der Waals surface area contributed by atoms with Crippen molar-refractivity contribution in [3.8, 4) is 0 Å². The SMILES string of the molecule is NC(=O)c1c(N)nsc1NCc1cccc2ccccc12. The van der Waals surface area contributed by atoms with Crippen LogP contribution < -0.4 is 16.8 Å². The number of primary amides is 1. The lowest BCUT2D eigenvalue weighted by molar-refractivity contribution is 0.100. The summed E-state index contributed by atoms with van der Waals surface area (Å²) in [6, 6.07) is 14.3. The molecule has 0 fully saturated rings. The fourth-order valence-corrected chi connectivity index (χ4v) is 3.00. The Balaban J connectivity index is 1.89. The van der Waals surface area contributed by atoms with Crippen molar-refractivity contribution in [2.24, 2.45) is 5.73 Å². The highest BCUT2D eigenvalue weighted by Gasteiger charge is 2.16. The summed E-state index contributed by atoms with van der Waals surface area (Å²) < 4.78 is 3.97. The number of rotatable bonds is 4. The van der Waals surface area contributed by atoms with Crippen molar-refractivity contribution in [3.05, 3.63) is 53.6 Å². The minimum atomic E-state index is -0.568. The topological polar surface area (TPSA) is 94.0 Å². The summed E-state index contributed by atoms with van der Waals surface area (Å²) in [5, 5.41) is 6.15. The van der Waals surface area contributed by atoms with E-state index in [1.54, 1.807) is 0 Å². The quantitative estimate of drug-likeness (QED) is 0.690. The lowest BCUT2D eigenvalue weighted by Crippen LogP contribution is -2.14. The Kier molecular flexibility index (Phi) is 3.45. The molecule has 0 aliphatic rings. The average molecular weight is 298 g/mol. The summed E-state index contributed by atoms with van der Waals surface area (Å²) in [4.78, 5) is 11.4. The molecule has 0 spiro atoms. The van der Waals surface area contributed by atoms with E-state index in [9.17, 15) is 4.79 Å². The summed E-state index contributed by atoms with van der Waals surface area (Å²) in [5.41, 5.74) is 12.4. The minimum Gasteiger partial charge on any atom is -0.382 e. The number of hydrogen-bond donors (Lipinski definition) is 3. The Labute approximate surface area is 125 Å². The molecule has 0 unspecified atom stereocenters. The van der Waals surface area contributed by atoms with Gasteiger partial charge in [0.15, 0.2) is 5.82 Å². The van der Waals surface area contributed by atoms with Gasteiger partial charge in [-0.15, -0.1) is 0 Å². The van der Waals surface area contributed by atoms with Crippen LogP contribution in [0.5, 0.6) is 0 Å². The number of carbonyl (C=O) groups excluding carboxylic acids is 1. The molecule has 5 N–H and O–H groups in total. The first-order chi connectivity index (χ1) is 10.2. The number of fused-ring (bicyclic) bond motifs is 1. The molecule has 0 saturated carbocycles. The van der Waals surface area contributed by atoms with Crippen molar-refractivity contribution in [3.63, 3.8) is 0 Å². The van der Waals surface area contributed by atoms with Crippen LogP contribution in [-0.2, 0) is 6.54 Å². The van der Waals surface area contributed by atoms with Crippen LogP contribution in [-0.4, -0.2) is 10.3 Å². The summed E-state index contributed by atoms with van der Waals surface area (Å²) >= 11 is 1.14. The lowest BCUT2D eigenvalue weighted by atomic mass is 10.0. The first-order valence-electron chi connectivity index (χ1n) is 6.42. The van der Waals surface area contributed by atoms with Crippen LogP contribution in [0.3, 0.4) is 0 Å². The van der Waals surface area contributed by atoms with Crippen molar-refractivity contribution in [2.45, 2.75) is 6.54 Å². The van der Waals surface area contributed by atoms with E-state index in [0.29, 0.717) is 11.5 Å². The third-order valence-corrected chi connectivity index (χ3v) is 4.10. The minimum absolute atomic E-state index is 0.174. The van der Waals surface area contributed by atoms with E-state index in [1.807, 2.05) is 24.3 Å². The molecule has 0 bridgehead atoms. The van der Waals surface area contributed by atoms with Gasteiger partial charge in [0.05, 0.1) is 0 Å². The highest BCUT2D eigenvalue weighted by Crippen LogP contribution is 2.27. The predicted molar refractivity (Wildman–Crippen MR) is 86.3 cm³/mol. The molecule has 3 rings (SSSR count). The van der Waals surface area contributed by atoms with Crippen LogP contribution >= 0.6 is 11.5 Å². The number of aromatic nitrogens is 1. The van der Waals surface area contributed by atoms with Crippen LogP contribution in [0.1, 0.15) is 15.9 Å². The molecular weight excluding hydrogens is 284 g/mol. The Morgan fingerprint density at radius 2 is 1.95 bits per heavy atom.